The van der Waals surface area contributed by atoms with E-state index in [4.69, 9.17) is 14.2 Å². The molecule has 0 fully saturated rings. The quantitative estimate of drug-likeness (QED) is 0.374. The van der Waals surface area contributed by atoms with E-state index < -0.39 is 0 Å². The molecule has 0 atom stereocenters. The highest BCUT2D eigenvalue weighted by molar-refractivity contribution is 5.80. The minimum absolute atomic E-state index is 0.0993. The molecule has 0 radical (unpaired) electrons. The van der Waals surface area contributed by atoms with Gasteiger partial charge < -0.3 is 14.2 Å². The average molecular weight is 331 g/mol. The van der Waals surface area contributed by atoms with Crippen LogP contribution in [-0.4, -0.2) is 45.4 Å². The number of Topliss-reactive ketones (excluding diaryl/α,β-unsaturated/α-hetero) is 1. The molecule has 0 heterocycles. The molecule has 0 N–H and O–H groups in total. The zero-order chi connectivity index (χ0) is 17.3. The topological polar surface area (TPSA) is 44.8 Å². The van der Waals surface area contributed by atoms with Gasteiger partial charge in [-0.15, -0.1) is 0 Å². The lowest BCUT2D eigenvalue weighted by atomic mass is 10.0. The molecular weight excluding hydrogens is 292 g/mol. The van der Waals surface area contributed by atoms with Crippen LogP contribution in [0.4, 0.5) is 0 Å². The first kappa shape index (κ1) is 22.6. The summed E-state index contributed by atoms with van der Waals surface area (Å²) in [6.45, 7) is 12.1. The summed E-state index contributed by atoms with van der Waals surface area (Å²) in [7, 11) is 0. The van der Waals surface area contributed by atoms with Gasteiger partial charge in [-0.3, -0.25) is 4.79 Å². The van der Waals surface area contributed by atoms with Crippen molar-refractivity contribution < 1.29 is 19.0 Å². The Bertz CT molecular complexity index is 264. The zero-order valence-corrected chi connectivity index (χ0v) is 15.8. The maximum absolute atomic E-state index is 11.4. The largest absolute Gasteiger partial charge is 0.379 e. The number of hydrogen-bond donors (Lipinski definition) is 0. The van der Waals surface area contributed by atoms with Crippen LogP contribution in [0.1, 0.15) is 66.2 Å². The summed E-state index contributed by atoms with van der Waals surface area (Å²) in [5.74, 6) is 1.17. The number of unbranched alkanes of at least 4 members (excludes halogenated alkanes) is 3. The summed E-state index contributed by atoms with van der Waals surface area (Å²) in [6, 6.07) is 0. The van der Waals surface area contributed by atoms with Crippen LogP contribution in [0, 0.1) is 11.8 Å². The zero-order valence-electron chi connectivity index (χ0n) is 15.8. The Morgan fingerprint density at radius 3 is 1.78 bits per heavy atom. The van der Waals surface area contributed by atoms with Crippen LogP contribution < -0.4 is 0 Å². The number of carbonyl (C=O) groups excluding carboxylic acids is 1. The molecule has 0 rings (SSSR count). The van der Waals surface area contributed by atoms with Crippen molar-refractivity contribution in [3.05, 3.63) is 0 Å². The van der Waals surface area contributed by atoms with Gasteiger partial charge in [0.05, 0.1) is 33.0 Å². The first-order chi connectivity index (χ1) is 11.0. The summed E-state index contributed by atoms with van der Waals surface area (Å²) < 4.78 is 16.3. The van der Waals surface area contributed by atoms with Gasteiger partial charge in [-0.2, -0.15) is 0 Å². The fourth-order valence-corrected chi connectivity index (χ4v) is 2.11. The normalized spacial score (nSPS) is 11.6. The lowest BCUT2D eigenvalue weighted by Gasteiger charge is -2.08. The summed E-state index contributed by atoms with van der Waals surface area (Å²) in [5, 5.41) is 0. The average Bonchev–Trinajstić information content (AvgIpc) is 2.50. The van der Waals surface area contributed by atoms with E-state index in [1.165, 1.54) is 25.7 Å². The Morgan fingerprint density at radius 2 is 1.22 bits per heavy atom. The molecule has 0 aromatic rings. The summed E-state index contributed by atoms with van der Waals surface area (Å²) in [5.41, 5.74) is 0. The van der Waals surface area contributed by atoms with Crippen molar-refractivity contribution in [1.29, 1.82) is 0 Å². The maximum atomic E-state index is 11.4. The predicted molar refractivity (Wildman–Crippen MR) is 94.8 cm³/mol. The van der Waals surface area contributed by atoms with Crippen LogP contribution in [0.5, 0.6) is 0 Å². The van der Waals surface area contributed by atoms with Crippen LogP contribution in [0.3, 0.4) is 0 Å². The molecule has 0 aromatic carbocycles. The Hall–Kier alpha value is -0.450. The first-order valence-corrected chi connectivity index (χ1v) is 9.30. The third-order valence-electron chi connectivity index (χ3n) is 3.70. The van der Waals surface area contributed by atoms with Crippen LogP contribution in [0.25, 0.3) is 0 Å². The molecule has 0 unspecified atom stereocenters. The second-order valence-corrected chi connectivity index (χ2v) is 6.80. The number of ether oxygens (including phenoxy) is 3. The van der Waals surface area contributed by atoms with Crippen molar-refractivity contribution in [1.82, 2.24) is 0 Å². The lowest BCUT2D eigenvalue weighted by Crippen LogP contribution is -2.13. The van der Waals surface area contributed by atoms with Gasteiger partial charge in [0.1, 0.15) is 5.78 Å². The SMILES string of the molecule is CC(C)CCCCCCOCCOCCOCCC(=O)C(C)C. The third kappa shape index (κ3) is 17.7. The van der Waals surface area contributed by atoms with Gasteiger partial charge in [0.15, 0.2) is 0 Å². The molecular formula is C19H38O4. The van der Waals surface area contributed by atoms with Crippen LogP contribution in [0.15, 0.2) is 0 Å². The minimum atomic E-state index is 0.0993. The highest BCUT2D eigenvalue weighted by Gasteiger charge is 2.05. The van der Waals surface area contributed by atoms with E-state index >= 15 is 0 Å². The van der Waals surface area contributed by atoms with Crippen LogP contribution >= 0.6 is 0 Å². The Kier molecular flexibility index (Phi) is 16.1. The maximum Gasteiger partial charge on any atom is 0.137 e. The van der Waals surface area contributed by atoms with E-state index in [1.54, 1.807) is 0 Å². The van der Waals surface area contributed by atoms with Gasteiger partial charge >= 0.3 is 0 Å². The molecule has 0 amide bonds. The van der Waals surface area contributed by atoms with Crippen molar-refractivity contribution >= 4 is 5.78 Å². The van der Waals surface area contributed by atoms with E-state index in [1.807, 2.05) is 13.8 Å². The lowest BCUT2D eigenvalue weighted by molar-refractivity contribution is -0.123. The molecule has 0 aromatic heterocycles. The van der Waals surface area contributed by atoms with Gasteiger partial charge in [-0.1, -0.05) is 53.4 Å². The number of rotatable bonds is 17. The molecule has 23 heavy (non-hydrogen) atoms. The van der Waals surface area contributed by atoms with Gasteiger partial charge in [0.2, 0.25) is 0 Å². The smallest absolute Gasteiger partial charge is 0.137 e. The van der Waals surface area contributed by atoms with E-state index in [9.17, 15) is 4.79 Å². The molecule has 0 spiro atoms. The summed E-state index contributed by atoms with van der Waals surface area (Å²) >= 11 is 0. The van der Waals surface area contributed by atoms with Gasteiger partial charge in [-0.25, -0.2) is 0 Å². The Morgan fingerprint density at radius 1 is 0.696 bits per heavy atom. The van der Waals surface area contributed by atoms with Crippen molar-refractivity contribution in [2.45, 2.75) is 66.2 Å². The van der Waals surface area contributed by atoms with Gasteiger partial charge in [0, 0.05) is 18.9 Å². The molecule has 0 aliphatic heterocycles. The fourth-order valence-electron chi connectivity index (χ4n) is 2.11. The fraction of sp³-hybridized carbons (Fsp3) is 0.947. The van der Waals surface area contributed by atoms with E-state index in [-0.39, 0.29) is 11.7 Å². The monoisotopic (exact) mass is 330 g/mol. The predicted octanol–water partition coefficient (Wildman–Crippen LogP) is 4.26. The molecule has 0 saturated carbocycles. The number of hydrogen-bond acceptors (Lipinski definition) is 4. The molecule has 0 aliphatic rings. The van der Waals surface area contributed by atoms with E-state index in [0.29, 0.717) is 39.5 Å². The Balaban J connectivity index is 3.07. The van der Waals surface area contributed by atoms with Crippen LogP contribution in [-0.2, 0) is 19.0 Å². The number of carbonyl (C=O) groups is 1. The van der Waals surface area contributed by atoms with E-state index in [0.717, 1.165) is 18.9 Å². The van der Waals surface area contributed by atoms with Crippen LogP contribution in [0.2, 0.25) is 0 Å². The highest BCUT2D eigenvalue weighted by Crippen LogP contribution is 2.09. The molecule has 0 bridgehead atoms. The van der Waals surface area contributed by atoms with Crippen molar-refractivity contribution in [2.75, 3.05) is 39.6 Å². The minimum Gasteiger partial charge on any atom is -0.379 e. The second-order valence-electron chi connectivity index (χ2n) is 6.80. The first-order valence-electron chi connectivity index (χ1n) is 9.30. The highest BCUT2D eigenvalue weighted by atomic mass is 16.5. The summed E-state index contributed by atoms with van der Waals surface area (Å²) in [4.78, 5) is 11.4. The molecule has 4 nitrogen and oxygen atoms in total. The molecule has 0 saturated heterocycles. The van der Waals surface area contributed by atoms with Gasteiger partial charge in [-0.05, 0) is 12.3 Å². The van der Waals surface area contributed by atoms with Gasteiger partial charge in [0.25, 0.3) is 0 Å². The molecule has 138 valence electrons. The van der Waals surface area contributed by atoms with Crippen molar-refractivity contribution in [3.63, 3.8) is 0 Å². The van der Waals surface area contributed by atoms with Crippen molar-refractivity contribution in [2.24, 2.45) is 11.8 Å². The van der Waals surface area contributed by atoms with E-state index in [2.05, 4.69) is 13.8 Å². The number of ketones is 1. The van der Waals surface area contributed by atoms with Crippen molar-refractivity contribution in [3.8, 4) is 0 Å². The summed E-state index contributed by atoms with van der Waals surface area (Å²) in [6.07, 6.45) is 6.89. The molecule has 0 aliphatic carbocycles. The standard InChI is InChI=1S/C19H38O4/c1-17(2)9-7-5-6-8-11-21-13-15-23-16-14-22-12-10-19(20)18(3)4/h17-18H,5-16H2,1-4H3. The Labute approximate surface area is 143 Å². The molecule has 4 heteroatoms. The second kappa shape index (κ2) is 16.4. The third-order valence-corrected chi connectivity index (χ3v) is 3.70.